The summed E-state index contributed by atoms with van der Waals surface area (Å²) in [5.41, 5.74) is 1.07. The minimum Gasteiger partial charge on any atom is -0.371 e. The zero-order valence-electron chi connectivity index (χ0n) is 9.21. The number of aliphatic imine (C=N–C) groups is 1. The van der Waals surface area contributed by atoms with Crippen molar-refractivity contribution >= 4 is 17.8 Å². The van der Waals surface area contributed by atoms with Gasteiger partial charge in [-0.05, 0) is 12.2 Å². The molecule has 0 saturated carbocycles. The van der Waals surface area contributed by atoms with Crippen LogP contribution in [0.3, 0.4) is 0 Å². The predicted molar refractivity (Wildman–Crippen MR) is 66.5 cm³/mol. The molecule has 0 bridgehead atoms. The first-order chi connectivity index (χ1) is 8.25. The monoisotopic (exact) mass is 253 g/mol. The Bertz CT molecular complexity index is 464. The van der Waals surface area contributed by atoms with E-state index in [1.54, 1.807) is 6.08 Å². The molecule has 17 heavy (non-hydrogen) atoms. The second-order valence-electron chi connectivity index (χ2n) is 4.42. The fourth-order valence-electron chi connectivity index (χ4n) is 2.57. The molecule has 5 heteroatoms. The van der Waals surface area contributed by atoms with Gasteiger partial charge in [0.25, 0.3) is 0 Å². The van der Waals surface area contributed by atoms with Crippen LogP contribution in [0.5, 0.6) is 0 Å². The Labute approximate surface area is 104 Å². The van der Waals surface area contributed by atoms with Crippen molar-refractivity contribution in [1.29, 1.82) is 0 Å². The molecule has 0 aromatic rings. The van der Waals surface area contributed by atoms with E-state index in [2.05, 4.69) is 15.6 Å². The maximum absolute atomic E-state index is 13.2. The van der Waals surface area contributed by atoms with Crippen LogP contribution in [0.15, 0.2) is 39.4 Å². The standard InChI is InChI=1S/C12H13ClFN3/c13-10-1-2-16-12-11(10)9(6-17-12)7-3-8(14)5-15-4-7/h1,3,5,7,9,16-17H,2,4,6H2. The van der Waals surface area contributed by atoms with Crippen LogP contribution in [-0.2, 0) is 0 Å². The molecule has 3 rings (SSSR count). The average Bonchev–Trinajstić information content (AvgIpc) is 2.74. The Morgan fingerprint density at radius 2 is 2.29 bits per heavy atom. The van der Waals surface area contributed by atoms with E-state index in [4.69, 9.17) is 11.6 Å². The first-order valence-corrected chi connectivity index (χ1v) is 6.08. The number of nitrogens with zero attached hydrogens (tertiary/aromatic N) is 1. The topological polar surface area (TPSA) is 36.4 Å². The molecule has 3 aliphatic heterocycles. The average molecular weight is 254 g/mol. The smallest absolute Gasteiger partial charge is 0.137 e. The number of hydrogen-bond donors (Lipinski definition) is 2. The van der Waals surface area contributed by atoms with E-state index in [1.807, 2.05) is 6.08 Å². The lowest BCUT2D eigenvalue weighted by molar-refractivity contribution is 0.466. The summed E-state index contributed by atoms with van der Waals surface area (Å²) in [7, 11) is 0. The molecule has 0 saturated heterocycles. The molecule has 2 N–H and O–H groups in total. The van der Waals surface area contributed by atoms with Crippen molar-refractivity contribution in [3.8, 4) is 0 Å². The van der Waals surface area contributed by atoms with E-state index in [-0.39, 0.29) is 17.7 Å². The van der Waals surface area contributed by atoms with E-state index in [1.165, 1.54) is 6.21 Å². The number of hydrogen-bond acceptors (Lipinski definition) is 3. The van der Waals surface area contributed by atoms with Crippen molar-refractivity contribution in [2.75, 3.05) is 19.6 Å². The molecule has 0 radical (unpaired) electrons. The van der Waals surface area contributed by atoms with E-state index >= 15 is 0 Å². The number of nitrogens with one attached hydrogen (secondary N) is 2. The Balaban J connectivity index is 1.88. The van der Waals surface area contributed by atoms with Crippen LogP contribution in [0.1, 0.15) is 0 Å². The maximum Gasteiger partial charge on any atom is 0.137 e. The largest absolute Gasteiger partial charge is 0.371 e. The summed E-state index contributed by atoms with van der Waals surface area (Å²) >= 11 is 6.24. The first-order valence-electron chi connectivity index (χ1n) is 5.71. The van der Waals surface area contributed by atoms with Gasteiger partial charge in [0.2, 0.25) is 0 Å². The molecule has 0 spiro atoms. The lowest BCUT2D eigenvalue weighted by atomic mass is 9.85. The van der Waals surface area contributed by atoms with Gasteiger partial charge in [0, 0.05) is 42.1 Å². The normalized spacial score (nSPS) is 31.4. The van der Waals surface area contributed by atoms with Gasteiger partial charge in [-0.2, -0.15) is 0 Å². The predicted octanol–water partition coefficient (Wildman–Crippen LogP) is 1.70. The quantitative estimate of drug-likeness (QED) is 0.746. The number of halogens is 2. The highest BCUT2D eigenvalue weighted by atomic mass is 35.5. The fourth-order valence-corrected chi connectivity index (χ4v) is 2.88. The number of dihydropyridines is 2. The SMILES string of the molecule is FC1=CC(C2CNC3=C2C(Cl)=CCN3)CN=C1. The molecule has 3 nitrogen and oxygen atoms in total. The van der Waals surface area contributed by atoms with Crippen LogP contribution in [0, 0.1) is 11.8 Å². The molecule has 90 valence electrons. The lowest BCUT2D eigenvalue weighted by Crippen LogP contribution is -2.25. The summed E-state index contributed by atoms with van der Waals surface area (Å²) in [4.78, 5) is 4.05. The van der Waals surface area contributed by atoms with Crippen LogP contribution >= 0.6 is 11.6 Å². The molecule has 2 atom stereocenters. The molecule has 0 fully saturated rings. The molecule has 3 heterocycles. The van der Waals surface area contributed by atoms with Crippen molar-refractivity contribution in [3.05, 3.63) is 34.4 Å². The Morgan fingerprint density at radius 3 is 3.12 bits per heavy atom. The van der Waals surface area contributed by atoms with E-state index < -0.39 is 0 Å². The minimum atomic E-state index is -0.251. The van der Waals surface area contributed by atoms with Crippen LogP contribution in [0.2, 0.25) is 0 Å². The van der Waals surface area contributed by atoms with Gasteiger partial charge in [0.15, 0.2) is 0 Å². The van der Waals surface area contributed by atoms with Gasteiger partial charge in [-0.15, -0.1) is 0 Å². The highest BCUT2D eigenvalue weighted by Gasteiger charge is 2.34. The third-order valence-electron chi connectivity index (χ3n) is 3.38. The second kappa shape index (κ2) is 4.18. The van der Waals surface area contributed by atoms with Crippen molar-refractivity contribution in [1.82, 2.24) is 10.6 Å². The Kier molecular flexibility index (Phi) is 2.67. The van der Waals surface area contributed by atoms with Gasteiger partial charge in [0.05, 0.1) is 6.21 Å². The molecular formula is C12H13ClFN3. The van der Waals surface area contributed by atoms with Crippen molar-refractivity contribution in [2.24, 2.45) is 16.8 Å². The molecule has 0 aliphatic carbocycles. The van der Waals surface area contributed by atoms with Gasteiger partial charge in [-0.1, -0.05) is 11.6 Å². The second-order valence-corrected chi connectivity index (χ2v) is 4.83. The van der Waals surface area contributed by atoms with Gasteiger partial charge < -0.3 is 10.6 Å². The van der Waals surface area contributed by atoms with Crippen LogP contribution in [0.4, 0.5) is 4.39 Å². The summed E-state index contributed by atoms with van der Waals surface area (Å²) in [6.45, 7) is 2.15. The number of allylic oxidation sites excluding steroid dienone is 2. The zero-order valence-corrected chi connectivity index (χ0v) is 9.97. The summed E-state index contributed by atoms with van der Waals surface area (Å²) in [5.74, 6) is 1.02. The third kappa shape index (κ3) is 1.86. The van der Waals surface area contributed by atoms with Gasteiger partial charge in [-0.3, -0.25) is 4.99 Å². The summed E-state index contributed by atoms with van der Waals surface area (Å²) < 4.78 is 13.2. The molecule has 2 unspecified atom stereocenters. The lowest BCUT2D eigenvalue weighted by Gasteiger charge is -2.23. The van der Waals surface area contributed by atoms with Gasteiger partial charge in [0.1, 0.15) is 11.6 Å². The summed E-state index contributed by atoms with van der Waals surface area (Å²) in [6.07, 6.45) is 4.88. The van der Waals surface area contributed by atoms with Crippen molar-refractivity contribution < 1.29 is 4.39 Å². The highest BCUT2D eigenvalue weighted by Crippen LogP contribution is 2.37. The van der Waals surface area contributed by atoms with Crippen LogP contribution < -0.4 is 10.6 Å². The van der Waals surface area contributed by atoms with E-state index in [9.17, 15) is 4.39 Å². The van der Waals surface area contributed by atoms with Crippen molar-refractivity contribution in [2.45, 2.75) is 0 Å². The van der Waals surface area contributed by atoms with E-state index in [0.717, 1.165) is 29.5 Å². The van der Waals surface area contributed by atoms with E-state index in [0.29, 0.717) is 6.54 Å². The first kappa shape index (κ1) is 10.8. The fraction of sp³-hybridized carbons (Fsp3) is 0.417. The van der Waals surface area contributed by atoms with Crippen LogP contribution in [-0.4, -0.2) is 25.8 Å². The highest BCUT2D eigenvalue weighted by molar-refractivity contribution is 6.32. The maximum atomic E-state index is 13.2. The molecule has 0 aromatic heterocycles. The van der Waals surface area contributed by atoms with Gasteiger partial charge >= 0.3 is 0 Å². The Morgan fingerprint density at radius 1 is 1.41 bits per heavy atom. The molecular weight excluding hydrogens is 241 g/mol. The molecule has 3 aliphatic rings. The van der Waals surface area contributed by atoms with Crippen LogP contribution in [0.25, 0.3) is 0 Å². The Hall–Kier alpha value is -1.29. The van der Waals surface area contributed by atoms with Gasteiger partial charge in [-0.25, -0.2) is 4.39 Å². The number of rotatable bonds is 1. The summed E-state index contributed by atoms with van der Waals surface area (Å²) in [6, 6.07) is 0. The third-order valence-corrected chi connectivity index (χ3v) is 3.74. The molecule has 0 aromatic carbocycles. The molecule has 0 amide bonds. The zero-order chi connectivity index (χ0) is 11.8. The summed E-state index contributed by atoms with van der Waals surface area (Å²) in [5, 5.41) is 7.31. The van der Waals surface area contributed by atoms with Crippen molar-refractivity contribution in [3.63, 3.8) is 0 Å². The minimum absolute atomic E-state index is 0.0852.